The van der Waals surface area contributed by atoms with Gasteiger partial charge in [0, 0.05) is 10.9 Å². The number of esters is 1. The molecule has 3 aromatic carbocycles. The van der Waals surface area contributed by atoms with E-state index in [1.807, 2.05) is 36.4 Å². The smallest absolute Gasteiger partial charge is 0.335 e. The normalized spacial score (nSPS) is 10.9. The molecule has 0 unspecified atom stereocenters. The van der Waals surface area contributed by atoms with Crippen LogP contribution in [-0.2, 0) is 11.2 Å². The van der Waals surface area contributed by atoms with Gasteiger partial charge in [-0.25, -0.2) is 4.79 Å². The maximum absolute atomic E-state index is 12.3. The van der Waals surface area contributed by atoms with Gasteiger partial charge in [0.1, 0.15) is 11.3 Å². The fourth-order valence-electron chi connectivity index (χ4n) is 2.99. The van der Waals surface area contributed by atoms with Gasteiger partial charge in [0.05, 0.1) is 18.2 Å². The van der Waals surface area contributed by atoms with Crippen LogP contribution < -0.4 is 4.74 Å². The number of carboxylic acid groups (broad SMARTS) is 1. The first-order valence-corrected chi connectivity index (χ1v) is 8.04. The van der Waals surface area contributed by atoms with Crippen molar-refractivity contribution in [2.24, 2.45) is 0 Å². The molecule has 1 N–H and O–H groups in total. The molecule has 0 fully saturated rings. The van der Waals surface area contributed by atoms with Gasteiger partial charge in [-0.3, -0.25) is 4.79 Å². The molecule has 0 bridgehead atoms. The van der Waals surface area contributed by atoms with Gasteiger partial charge >= 0.3 is 11.9 Å². The van der Waals surface area contributed by atoms with Crippen LogP contribution >= 0.6 is 0 Å². The molecule has 0 radical (unpaired) electrons. The van der Waals surface area contributed by atoms with Crippen LogP contribution in [0.2, 0.25) is 0 Å². The number of rotatable bonds is 4. The third-order valence-corrected chi connectivity index (χ3v) is 4.21. The van der Waals surface area contributed by atoms with Crippen LogP contribution in [0.25, 0.3) is 21.7 Å². The van der Waals surface area contributed by atoms with E-state index in [-0.39, 0.29) is 12.0 Å². The summed E-state index contributed by atoms with van der Waals surface area (Å²) in [5, 5.41) is 11.9. The Morgan fingerprint density at radius 3 is 2.50 bits per heavy atom. The highest BCUT2D eigenvalue weighted by Crippen LogP contribution is 2.30. The van der Waals surface area contributed by atoms with Gasteiger partial charge in [0.25, 0.3) is 0 Å². The second-order valence-corrected chi connectivity index (χ2v) is 5.90. The molecule has 1 heterocycles. The van der Waals surface area contributed by atoms with Crippen molar-refractivity contribution < 1.29 is 23.8 Å². The minimum absolute atomic E-state index is 0.0572. The zero-order valence-electron chi connectivity index (χ0n) is 13.6. The second-order valence-electron chi connectivity index (χ2n) is 5.90. The summed E-state index contributed by atoms with van der Waals surface area (Å²) in [6, 6.07) is 17.5. The van der Waals surface area contributed by atoms with Crippen molar-refractivity contribution in [3.8, 4) is 5.75 Å². The highest BCUT2D eigenvalue weighted by molar-refractivity contribution is 6.08. The molecule has 5 heteroatoms. The number of carboxylic acids is 1. The van der Waals surface area contributed by atoms with Gasteiger partial charge in [-0.05, 0) is 41.1 Å². The van der Waals surface area contributed by atoms with Crippen molar-refractivity contribution in [1.29, 1.82) is 0 Å². The van der Waals surface area contributed by atoms with E-state index in [2.05, 4.69) is 0 Å². The van der Waals surface area contributed by atoms with Crippen molar-refractivity contribution in [1.82, 2.24) is 0 Å². The molecule has 0 atom stereocenters. The van der Waals surface area contributed by atoms with Gasteiger partial charge in [-0.2, -0.15) is 0 Å². The Labute approximate surface area is 148 Å². The van der Waals surface area contributed by atoms with Gasteiger partial charge < -0.3 is 14.3 Å². The molecule has 0 saturated carbocycles. The minimum atomic E-state index is -1.03. The molecular weight excluding hydrogens is 332 g/mol. The van der Waals surface area contributed by atoms with Crippen LogP contribution in [0.1, 0.15) is 15.9 Å². The minimum Gasteiger partial charge on any atom is -0.478 e. The third kappa shape index (κ3) is 2.91. The molecule has 5 nitrogen and oxygen atoms in total. The highest BCUT2D eigenvalue weighted by atomic mass is 16.5. The largest absolute Gasteiger partial charge is 0.478 e. The molecule has 1 aromatic heterocycles. The number of hydrogen-bond acceptors (Lipinski definition) is 4. The lowest BCUT2D eigenvalue weighted by Gasteiger charge is -2.05. The maximum Gasteiger partial charge on any atom is 0.335 e. The average Bonchev–Trinajstić information content (AvgIpc) is 3.05. The molecular formula is C21H14O5. The summed E-state index contributed by atoms with van der Waals surface area (Å²) in [6.07, 6.45) is 1.63. The fraction of sp³-hybridized carbons (Fsp3) is 0.0476. The predicted molar refractivity (Wildman–Crippen MR) is 96.5 cm³/mol. The Morgan fingerprint density at radius 1 is 0.962 bits per heavy atom. The lowest BCUT2D eigenvalue weighted by molar-refractivity contribution is -0.133. The maximum atomic E-state index is 12.3. The first-order valence-electron chi connectivity index (χ1n) is 8.04. The quantitative estimate of drug-likeness (QED) is 0.437. The van der Waals surface area contributed by atoms with Crippen LogP contribution in [0.15, 0.2) is 71.3 Å². The van der Waals surface area contributed by atoms with Crippen LogP contribution in [0.5, 0.6) is 5.75 Å². The van der Waals surface area contributed by atoms with E-state index in [1.54, 1.807) is 6.26 Å². The van der Waals surface area contributed by atoms with E-state index in [0.717, 1.165) is 27.3 Å². The Morgan fingerprint density at radius 2 is 1.73 bits per heavy atom. The number of aromatic carboxylic acids is 1. The van der Waals surface area contributed by atoms with Gasteiger partial charge in [-0.1, -0.05) is 30.3 Å². The Balaban J connectivity index is 1.59. The number of fused-ring (bicyclic) bond motifs is 3. The summed E-state index contributed by atoms with van der Waals surface area (Å²) in [7, 11) is 0. The summed E-state index contributed by atoms with van der Waals surface area (Å²) in [5.74, 6) is -1.17. The van der Waals surface area contributed by atoms with Gasteiger partial charge in [0.2, 0.25) is 0 Å². The van der Waals surface area contributed by atoms with Crippen molar-refractivity contribution in [2.45, 2.75) is 6.42 Å². The standard InChI is InChI=1S/C21H14O5/c22-19(26-16-8-5-14(6-9-16)21(23)24)11-15-12-25-18-10-7-13-3-1-2-4-17(13)20(15)18/h1-10,12H,11H2,(H,23,24). The first-order chi connectivity index (χ1) is 12.6. The number of carbonyl (C=O) groups excluding carboxylic acids is 1. The summed E-state index contributed by atoms with van der Waals surface area (Å²) < 4.78 is 10.9. The molecule has 128 valence electrons. The van der Waals surface area contributed by atoms with Crippen molar-refractivity contribution in [3.05, 3.63) is 78.1 Å². The molecule has 0 spiro atoms. The summed E-state index contributed by atoms with van der Waals surface area (Å²) in [6.45, 7) is 0. The molecule has 0 amide bonds. The highest BCUT2D eigenvalue weighted by Gasteiger charge is 2.15. The number of hydrogen-bond donors (Lipinski definition) is 1. The van der Waals surface area contributed by atoms with E-state index in [1.165, 1.54) is 24.3 Å². The zero-order valence-corrected chi connectivity index (χ0v) is 13.6. The molecule has 26 heavy (non-hydrogen) atoms. The molecule has 4 rings (SSSR count). The van der Waals surface area contributed by atoms with Crippen LogP contribution in [0.4, 0.5) is 0 Å². The average molecular weight is 346 g/mol. The lowest BCUT2D eigenvalue weighted by Crippen LogP contribution is -2.11. The summed E-state index contributed by atoms with van der Waals surface area (Å²) >= 11 is 0. The van der Waals surface area contributed by atoms with Crippen molar-refractivity contribution in [2.75, 3.05) is 0 Å². The molecule has 4 aromatic rings. The number of furan rings is 1. The van der Waals surface area contributed by atoms with E-state index >= 15 is 0 Å². The van der Waals surface area contributed by atoms with Crippen LogP contribution in [0, 0.1) is 0 Å². The molecule has 0 saturated heterocycles. The van der Waals surface area contributed by atoms with E-state index < -0.39 is 11.9 Å². The zero-order chi connectivity index (χ0) is 18.1. The third-order valence-electron chi connectivity index (χ3n) is 4.21. The Kier molecular flexibility index (Phi) is 3.89. The first kappa shape index (κ1) is 15.9. The number of benzene rings is 3. The predicted octanol–water partition coefficient (Wildman–Crippen LogP) is 4.43. The van der Waals surface area contributed by atoms with E-state index in [4.69, 9.17) is 14.3 Å². The summed E-state index contributed by atoms with van der Waals surface area (Å²) in [4.78, 5) is 23.2. The molecule has 0 aliphatic carbocycles. The van der Waals surface area contributed by atoms with E-state index in [0.29, 0.717) is 5.75 Å². The van der Waals surface area contributed by atoms with Crippen LogP contribution in [-0.4, -0.2) is 17.0 Å². The van der Waals surface area contributed by atoms with Gasteiger partial charge in [0.15, 0.2) is 0 Å². The fourth-order valence-corrected chi connectivity index (χ4v) is 2.99. The van der Waals surface area contributed by atoms with Crippen molar-refractivity contribution in [3.63, 3.8) is 0 Å². The van der Waals surface area contributed by atoms with E-state index in [9.17, 15) is 9.59 Å². The van der Waals surface area contributed by atoms with Gasteiger partial charge in [-0.15, -0.1) is 0 Å². The topological polar surface area (TPSA) is 76.7 Å². The number of ether oxygens (including phenoxy) is 1. The Hall–Kier alpha value is -3.60. The van der Waals surface area contributed by atoms with Crippen LogP contribution in [0.3, 0.4) is 0 Å². The SMILES string of the molecule is O=C(Cc1coc2ccc3ccccc3c12)Oc1ccc(C(=O)O)cc1. The monoisotopic (exact) mass is 346 g/mol. The lowest BCUT2D eigenvalue weighted by atomic mass is 10.0. The summed E-state index contributed by atoms with van der Waals surface area (Å²) in [5.41, 5.74) is 1.61. The second kappa shape index (κ2) is 6.37. The van der Waals surface area contributed by atoms with Crippen molar-refractivity contribution >= 4 is 33.7 Å². The molecule has 0 aliphatic heterocycles. The Bertz CT molecular complexity index is 1120. The molecule has 0 aliphatic rings. The number of carbonyl (C=O) groups is 2.